The molecule has 14 nitrogen and oxygen atoms in total. The van der Waals surface area contributed by atoms with Gasteiger partial charge in [0.1, 0.15) is 34.7 Å². The zero-order valence-corrected chi connectivity index (χ0v) is 32.6. The van der Waals surface area contributed by atoms with Crippen molar-refractivity contribution in [1.82, 2.24) is 25.2 Å². The maximum Gasteiger partial charge on any atom is 0.407 e. The number of allylic oxidation sites excluding steroid dienone is 1. The number of ether oxygens (including phenoxy) is 3. The number of aromatic nitrogens is 1. The van der Waals surface area contributed by atoms with Crippen molar-refractivity contribution in [2.75, 3.05) is 20.3 Å². The quantitative estimate of drug-likeness (QED) is 0.343. The maximum atomic E-state index is 14.7. The van der Waals surface area contributed by atoms with Crippen LogP contribution in [-0.2, 0) is 35.6 Å². The molecule has 8 rings (SSSR count). The number of pyridine rings is 1. The summed E-state index contributed by atoms with van der Waals surface area (Å²) in [6.07, 6.45) is 10.8. The van der Waals surface area contributed by atoms with Gasteiger partial charge in [-0.1, -0.05) is 25.0 Å². The third kappa shape index (κ3) is 7.01. The fourth-order valence-electron chi connectivity index (χ4n) is 8.61. The number of nitrogens with zero attached hydrogens (tertiary/aromatic N) is 2. The highest BCUT2D eigenvalue weighted by Crippen LogP contribution is 2.52. The van der Waals surface area contributed by atoms with Gasteiger partial charge >= 0.3 is 6.09 Å². The van der Waals surface area contributed by atoms with Crippen LogP contribution in [-0.4, -0.2) is 90.3 Å². The van der Waals surface area contributed by atoms with Gasteiger partial charge < -0.3 is 29.7 Å². The van der Waals surface area contributed by atoms with Crippen LogP contribution in [0.5, 0.6) is 11.5 Å². The van der Waals surface area contributed by atoms with Crippen molar-refractivity contribution >= 4 is 44.7 Å². The van der Waals surface area contributed by atoms with Crippen LogP contribution >= 0.6 is 0 Å². The minimum Gasteiger partial charge on any atom is -0.497 e. The van der Waals surface area contributed by atoms with Crippen LogP contribution in [0.1, 0.15) is 108 Å². The zero-order valence-electron chi connectivity index (χ0n) is 31.8. The van der Waals surface area contributed by atoms with E-state index in [0.717, 1.165) is 47.8 Å². The molecule has 4 heterocycles. The average Bonchev–Trinajstić information content (AvgIpc) is 4.09. The van der Waals surface area contributed by atoms with E-state index in [4.69, 9.17) is 19.2 Å². The highest BCUT2D eigenvalue weighted by atomic mass is 32.2. The molecule has 5 unspecified atom stereocenters. The van der Waals surface area contributed by atoms with Gasteiger partial charge in [-0.05, 0) is 96.3 Å². The first-order valence-electron chi connectivity index (χ1n) is 19.8. The summed E-state index contributed by atoms with van der Waals surface area (Å²) in [4.78, 5) is 62.6. The van der Waals surface area contributed by atoms with Gasteiger partial charge in [-0.3, -0.25) is 19.1 Å². The number of amides is 4. The summed E-state index contributed by atoms with van der Waals surface area (Å²) in [7, 11) is -2.36. The van der Waals surface area contributed by atoms with Crippen molar-refractivity contribution in [3.63, 3.8) is 0 Å². The van der Waals surface area contributed by atoms with E-state index >= 15 is 0 Å². The van der Waals surface area contributed by atoms with Gasteiger partial charge in [-0.25, -0.2) is 18.2 Å². The van der Waals surface area contributed by atoms with E-state index in [1.54, 1.807) is 21.0 Å². The van der Waals surface area contributed by atoms with E-state index in [9.17, 15) is 27.6 Å². The molecule has 3 N–H and O–H groups in total. The van der Waals surface area contributed by atoms with E-state index in [0.29, 0.717) is 56.4 Å². The van der Waals surface area contributed by atoms with Gasteiger partial charge in [-0.2, -0.15) is 0 Å². The van der Waals surface area contributed by atoms with Gasteiger partial charge in [0.05, 0.1) is 36.2 Å². The first-order valence-corrected chi connectivity index (χ1v) is 21.3. The Bertz CT molecular complexity index is 2060. The van der Waals surface area contributed by atoms with Crippen molar-refractivity contribution in [2.45, 2.75) is 131 Å². The van der Waals surface area contributed by atoms with Crippen molar-refractivity contribution in [1.29, 1.82) is 0 Å². The number of nitrogens with one attached hydrogen (secondary N) is 3. The molecule has 3 aliphatic heterocycles. The molecule has 0 bridgehead atoms. The molecule has 1 aromatic heterocycles. The predicted molar refractivity (Wildman–Crippen MR) is 202 cm³/mol. The SMILES string of the molecule is CCOC(=O)NC1CCCCCC=CC2CC2(C(=O)NS(=O)(=O)C2(C)CC2)NC(=O)C2CC3(CCc4c(c(C5CC5)nc5ccc(OC)cc45)O3)CN2C1=O. The van der Waals surface area contributed by atoms with Crippen molar-refractivity contribution in [2.24, 2.45) is 5.92 Å². The molecule has 5 atom stereocenters. The Kier molecular flexibility index (Phi) is 9.53. The molecule has 3 saturated carbocycles. The largest absolute Gasteiger partial charge is 0.497 e. The average molecular weight is 778 g/mol. The molecule has 1 saturated heterocycles. The molecule has 55 heavy (non-hydrogen) atoms. The molecular weight excluding hydrogens is 727 g/mol. The van der Waals surface area contributed by atoms with Gasteiger partial charge in [0.25, 0.3) is 5.91 Å². The van der Waals surface area contributed by atoms with E-state index in [2.05, 4.69) is 15.4 Å². The lowest BCUT2D eigenvalue weighted by Gasteiger charge is -2.37. The van der Waals surface area contributed by atoms with Crippen LogP contribution in [0.15, 0.2) is 30.4 Å². The summed E-state index contributed by atoms with van der Waals surface area (Å²) >= 11 is 0. The van der Waals surface area contributed by atoms with Crippen LogP contribution in [0, 0.1) is 5.92 Å². The van der Waals surface area contributed by atoms with Crippen LogP contribution < -0.4 is 24.8 Å². The van der Waals surface area contributed by atoms with Gasteiger partial charge in [0.15, 0.2) is 0 Å². The standard InChI is InChI=1S/C40H51N5O9S/c1-4-53-37(49)42-30-11-9-7-5-6-8-10-25-21-40(25,36(48)44-55(50,51)38(2)18-19-38)43-34(46)31-22-39(23-45(31)35(30)47)17-16-27-28-20-26(52-3)14-15-29(28)41-32(24-12-13-24)33(27)54-39/h8,10,14-15,20,24-25,30-31H,4-7,9,11-13,16-19,21-23H2,1-3H3,(H,42,49)(H,43,46)(H,44,48). The summed E-state index contributed by atoms with van der Waals surface area (Å²) in [5, 5.41) is 6.65. The number of benzene rings is 1. The molecule has 2 aromatic rings. The fourth-order valence-corrected chi connectivity index (χ4v) is 9.92. The Morgan fingerprint density at radius 1 is 1.09 bits per heavy atom. The van der Waals surface area contributed by atoms with Gasteiger partial charge in [0, 0.05) is 29.2 Å². The molecular formula is C40H51N5O9S. The van der Waals surface area contributed by atoms with Crippen molar-refractivity contribution < 1.29 is 41.8 Å². The predicted octanol–water partition coefficient (Wildman–Crippen LogP) is 4.29. The molecule has 1 spiro atoms. The summed E-state index contributed by atoms with van der Waals surface area (Å²) in [6, 6.07) is 3.78. The Labute approximate surface area is 321 Å². The Morgan fingerprint density at radius 3 is 2.62 bits per heavy atom. The van der Waals surface area contributed by atoms with Crippen LogP contribution in [0.4, 0.5) is 4.79 Å². The lowest BCUT2D eigenvalue weighted by molar-refractivity contribution is -0.141. The number of carbonyl (C=O) groups excluding carboxylic acids is 4. The fraction of sp³-hybridized carbons (Fsp3) is 0.625. The van der Waals surface area contributed by atoms with Crippen molar-refractivity contribution in [3.8, 4) is 11.5 Å². The second-order valence-electron chi connectivity index (χ2n) is 16.6. The second-order valence-corrected chi connectivity index (χ2v) is 18.8. The van der Waals surface area contributed by atoms with E-state index in [1.807, 2.05) is 30.4 Å². The molecule has 4 amide bonds. The zero-order chi connectivity index (χ0) is 38.8. The monoisotopic (exact) mass is 777 g/mol. The number of aryl methyl sites for hydroxylation is 1. The summed E-state index contributed by atoms with van der Waals surface area (Å²) in [5.74, 6) is -0.565. The van der Waals surface area contributed by atoms with Gasteiger partial charge in [0.2, 0.25) is 21.8 Å². The highest BCUT2D eigenvalue weighted by Gasteiger charge is 2.64. The van der Waals surface area contributed by atoms with Crippen LogP contribution in [0.25, 0.3) is 10.9 Å². The number of carbonyl (C=O) groups is 4. The minimum atomic E-state index is -3.98. The summed E-state index contributed by atoms with van der Waals surface area (Å²) < 4.78 is 45.5. The van der Waals surface area contributed by atoms with Crippen LogP contribution in [0.2, 0.25) is 0 Å². The third-order valence-electron chi connectivity index (χ3n) is 12.6. The minimum absolute atomic E-state index is 0.0693. The number of hydrogen-bond acceptors (Lipinski definition) is 10. The normalized spacial score (nSPS) is 30.1. The number of sulfonamides is 1. The van der Waals surface area contributed by atoms with E-state index < -0.39 is 67.7 Å². The number of alkyl carbamates (subject to hydrolysis) is 1. The Hall–Kier alpha value is -4.40. The molecule has 6 aliphatic rings. The first kappa shape index (κ1) is 37.5. The Balaban J connectivity index is 1.15. The second kappa shape index (κ2) is 14.0. The molecule has 3 aliphatic carbocycles. The summed E-state index contributed by atoms with van der Waals surface area (Å²) in [5.41, 5.74) is 0.289. The van der Waals surface area contributed by atoms with E-state index in [-0.39, 0.29) is 31.9 Å². The number of methoxy groups -OCH3 is 1. The molecule has 4 fully saturated rings. The topological polar surface area (TPSA) is 182 Å². The van der Waals surface area contributed by atoms with Gasteiger partial charge in [-0.15, -0.1) is 0 Å². The molecule has 15 heteroatoms. The first-order chi connectivity index (χ1) is 26.3. The lowest BCUT2D eigenvalue weighted by atomic mass is 9.86. The van der Waals surface area contributed by atoms with E-state index in [1.165, 1.54) is 4.90 Å². The third-order valence-corrected chi connectivity index (χ3v) is 14.7. The number of hydrogen-bond donors (Lipinski definition) is 3. The molecule has 0 radical (unpaired) electrons. The number of rotatable bonds is 7. The van der Waals surface area contributed by atoms with Crippen molar-refractivity contribution in [3.05, 3.63) is 41.6 Å². The Morgan fingerprint density at radius 2 is 1.89 bits per heavy atom. The number of fused-ring (bicyclic) bond motifs is 5. The lowest BCUT2D eigenvalue weighted by Crippen LogP contribution is -2.58. The summed E-state index contributed by atoms with van der Waals surface area (Å²) in [6.45, 7) is 3.49. The maximum absolute atomic E-state index is 14.7. The smallest absolute Gasteiger partial charge is 0.407 e. The molecule has 296 valence electrons. The molecule has 1 aromatic carbocycles. The van der Waals surface area contributed by atoms with Crippen LogP contribution in [0.3, 0.4) is 0 Å². The highest BCUT2D eigenvalue weighted by molar-refractivity contribution is 7.91.